The van der Waals surface area contributed by atoms with Gasteiger partial charge < -0.3 is 19.7 Å². The second kappa shape index (κ2) is 8.93. The van der Waals surface area contributed by atoms with Gasteiger partial charge in [0, 0.05) is 33.4 Å². The predicted molar refractivity (Wildman–Crippen MR) is 65.8 cm³/mol. The Hall–Kier alpha value is -0.160. The molecule has 1 N–H and O–H groups in total. The smallest absolute Gasteiger partial charge is 0.0589 e. The molecule has 1 rings (SSSR count). The van der Waals surface area contributed by atoms with Crippen LogP contribution in [0.4, 0.5) is 0 Å². The summed E-state index contributed by atoms with van der Waals surface area (Å²) < 4.78 is 10.2. The molecule has 1 atom stereocenters. The molecule has 0 aromatic rings. The first-order chi connectivity index (χ1) is 7.86. The van der Waals surface area contributed by atoms with E-state index in [4.69, 9.17) is 9.47 Å². The fraction of sp³-hybridized carbons (Fsp3) is 1.00. The molecular formula is C12H26N2O2. The summed E-state index contributed by atoms with van der Waals surface area (Å²) in [4.78, 5) is 2.50. The van der Waals surface area contributed by atoms with Gasteiger partial charge in [0.15, 0.2) is 0 Å². The highest BCUT2D eigenvalue weighted by atomic mass is 16.5. The minimum Gasteiger partial charge on any atom is -0.383 e. The van der Waals surface area contributed by atoms with Crippen molar-refractivity contribution in [3.05, 3.63) is 0 Å². The Morgan fingerprint density at radius 1 is 1.12 bits per heavy atom. The monoisotopic (exact) mass is 230 g/mol. The summed E-state index contributed by atoms with van der Waals surface area (Å²) in [5.41, 5.74) is 0. The quantitative estimate of drug-likeness (QED) is 0.654. The number of rotatable bonds is 7. The molecule has 16 heavy (non-hydrogen) atoms. The van der Waals surface area contributed by atoms with Gasteiger partial charge in [0.05, 0.1) is 13.2 Å². The Morgan fingerprint density at radius 3 is 2.69 bits per heavy atom. The second-order valence-corrected chi connectivity index (χ2v) is 4.41. The van der Waals surface area contributed by atoms with Crippen LogP contribution in [0.2, 0.25) is 0 Å². The molecule has 0 aromatic carbocycles. The van der Waals surface area contributed by atoms with Crippen LogP contribution in [0.15, 0.2) is 0 Å². The van der Waals surface area contributed by atoms with Gasteiger partial charge in [-0.3, -0.25) is 0 Å². The zero-order valence-electron chi connectivity index (χ0n) is 10.7. The van der Waals surface area contributed by atoms with Crippen LogP contribution in [0, 0.1) is 0 Å². The third-order valence-corrected chi connectivity index (χ3v) is 3.17. The van der Waals surface area contributed by atoms with Crippen molar-refractivity contribution in [1.29, 1.82) is 0 Å². The van der Waals surface area contributed by atoms with Crippen LogP contribution in [0.25, 0.3) is 0 Å². The molecule has 0 unspecified atom stereocenters. The van der Waals surface area contributed by atoms with E-state index in [0.29, 0.717) is 6.04 Å². The SMILES string of the molecule is COCCN[C@H]1CCCN(CCOC)CC1. The molecule has 4 heteroatoms. The van der Waals surface area contributed by atoms with E-state index in [2.05, 4.69) is 10.2 Å². The molecule has 0 aromatic heterocycles. The van der Waals surface area contributed by atoms with Crippen molar-refractivity contribution in [3.63, 3.8) is 0 Å². The molecule has 0 aliphatic carbocycles. The number of hydrogen-bond donors (Lipinski definition) is 1. The molecule has 0 spiro atoms. The molecule has 1 aliphatic heterocycles. The van der Waals surface area contributed by atoms with Gasteiger partial charge in [-0.05, 0) is 32.4 Å². The van der Waals surface area contributed by atoms with Crippen LogP contribution >= 0.6 is 0 Å². The molecule has 1 saturated heterocycles. The molecule has 0 saturated carbocycles. The van der Waals surface area contributed by atoms with Crippen LogP contribution in [0.1, 0.15) is 19.3 Å². The van der Waals surface area contributed by atoms with E-state index in [0.717, 1.165) is 26.3 Å². The number of nitrogens with zero attached hydrogens (tertiary/aromatic N) is 1. The van der Waals surface area contributed by atoms with E-state index in [1.54, 1.807) is 14.2 Å². The molecule has 1 aliphatic rings. The van der Waals surface area contributed by atoms with Crippen molar-refractivity contribution in [2.24, 2.45) is 0 Å². The number of ether oxygens (including phenoxy) is 2. The Bertz CT molecular complexity index is 167. The lowest BCUT2D eigenvalue weighted by Crippen LogP contribution is -2.33. The highest BCUT2D eigenvalue weighted by molar-refractivity contribution is 4.74. The van der Waals surface area contributed by atoms with Gasteiger partial charge in [-0.1, -0.05) is 0 Å². The van der Waals surface area contributed by atoms with Gasteiger partial charge in [-0.25, -0.2) is 0 Å². The molecular weight excluding hydrogens is 204 g/mol. The van der Waals surface area contributed by atoms with Gasteiger partial charge in [0.25, 0.3) is 0 Å². The highest BCUT2D eigenvalue weighted by Gasteiger charge is 2.15. The third kappa shape index (κ3) is 5.80. The van der Waals surface area contributed by atoms with Gasteiger partial charge in [0.1, 0.15) is 0 Å². The third-order valence-electron chi connectivity index (χ3n) is 3.17. The first-order valence-electron chi connectivity index (χ1n) is 6.30. The van der Waals surface area contributed by atoms with E-state index in [9.17, 15) is 0 Å². The summed E-state index contributed by atoms with van der Waals surface area (Å²) in [6.07, 6.45) is 3.81. The van der Waals surface area contributed by atoms with E-state index in [1.165, 1.54) is 32.4 Å². The lowest BCUT2D eigenvalue weighted by Gasteiger charge is -2.19. The van der Waals surface area contributed by atoms with Crippen molar-refractivity contribution in [2.75, 3.05) is 53.6 Å². The fourth-order valence-electron chi connectivity index (χ4n) is 2.17. The van der Waals surface area contributed by atoms with Crippen LogP contribution in [-0.2, 0) is 9.47 Å². The standard InChI is InChI=1S/C12H26N2O2/c1-15-10-6-13-12-4-3-7-14(8-5-12)9-11-16-2/h12-13H,3-11H2,1-2H3/t12-/m0/s1. The van der Waals surface area contributed by atoms with Crippen LogP contribution in [-0.4, -0.2) is 64.6 Å². The molecule has 0 radical (unpaired) electrons. The lowest BCUT2D eigenvalue weighted by atomic mass is 10.1. The van der Waals surface area contributed by atoms with E-state index in [1.807, 2.05) is 0 Å². The zero-order valence-corrected chi connectivity index (χ0v) is 10.7. The van der Waals surface area contributed by atoms with E-state index in [-0.39, 0.29) is 0 Å². The number of likely N-dealkylation sites (tertiary alicyclic amines) is 1. The maximum atomic E-state index is 5.12. The van der Waals surface area contributed by atoms with Crippen molar-refractivity contribution in [1.82, 2.24) is 10.2 Å². The van der Waals surface area contributed by atoms with Crippen molar-refractivity contribution < 1.29 is 9.47 Å². The van der Waals surface area contributed by atoms with Crippen molar-refractivity contribution in [2.45, 2.75) is 25.3 Å². The van der Waals surface area contributed by atoms with Crippen molar-refractivity contribution >= 4 is 0 Å². The maximum Gasteiger partial charge on any atom is 0.0589 e. The van der Waals surface area contributed by atoms with Crippen LogP contribution in [0.3, 0.4) is 0 Å². The highest BCUT2D eigenvalue weighted by Crippen LogP contribution is 2.10. The molecule has 4 nitrogen and oxygen atoms in total. The Balaban J connectivity index is 2.13. The summed E-state index contributed by atoms with van der Waals surface area (Å²) in [7, 11) is 3.52. The largest absolute Gasteiger partial charge is 0.383 e. The predicted octanol–water partition coefficient (Wildman–Crippen LogP) is 0.723. The minimum absolute atomic E-state index is 0.669. The Kier molecular flexibility index (Phi) is 7.76. The second-order valence-electron chi connectivity index (χ2n) is 4.41. The lowest BCUT2D eigenvalue weighted by molar-refractivity contribution is 0.149. The molecule has 96 valence electrons. The minimum atomic E-state index is 0.669. The maximum absolute atomic E-state index is 5.12. The van der Waals surface area contributed by atoms with Crippen molar-refractivity contribution in [3.8, 4) is 0 Å². The van der Waals surface area contributed by atoms with Crippen LogP contribution < -0.4 is 5.32 Å². The summed E-state index contributed by atoms with van der Waals surface area (Å²) in [5, 5.41) is 3.56. The zero-order chi connectivity index (χ0) is 11.6. The van der Waals surface area contributed by atoms with Gasteiger partial charge in [0.2, 0.25) is 0 Å². The summed E-state index contributed by atoms with van der Waals surface area (Å²) in [6, 6.07) is 0.669. The Morgan fingerprint density at radius 2 is 1.94 bits per heavy atom. The van der Waals surface area contributed by atoms with Gasteiger partial charge in [-0.2, -0.15) is 0 Å². The van der Waals surface area contributed by atoms with Crippen LogP contribution in [0.5, 0.6) is 0 Å². The summed E-state index contributed by atoms with van der Waals surface area (Å²) in [6.45, 7) is 6.10. The first-order valence-corrected chi connectivity index (χ1v) is 6.30. The van der Waals surface area contributed by atoms with Gasteiger partial charge in [-0.15, -0.1) is 0 Å². The van der Waals surface area contributed by atoms with E-state index < -0.39 is 0 Å². The molecule has 1 fully saturated rings. The first kappa shape index (κ1) is 13.9. The molecule has 1 heterocycles. The van der Waals surface area contributed by atoms with Gasteiger partial charge >= 0.3 is 0 Å². The molecule has 0 amide bonds. The topological polar surface area (TPSA) is 33.7 Å². The average Bonchev–Trinajstić information content (AvgIpc) is 2.52. The summed E-state index contributed by atoms with van der Waals surface area (Å²) in [5.74, 6) is 0. The number of methoxy groups -OCH3 is 2. The van der Waals surface area contributed by atoms with E-state index >= 15 is 0 Å². The number of nitrogens with one attached hydrogen (secondary N) is 1. The molecule has 0 bridgehead atoms. The summed E-state index contributed by atoms with van der Waals surface area (Å²) >= 11 is 0. The normalized spacial score (nSPS) is 23.2. The fourth-order valence-corrected chi connectivity index (χ4v) is 2.17. The number of hydrogen-bond acceptors (Lipinski definition) is 4. The Labute approximate surface area is 99.3 Å². The average molecular weight is 230 g/mol.